The highest BCUT2D eigenvalue weighted by Crippen LogP contribution is 2.47. The van der Waals surface area contributed by atoms with Crippen LogP contribution in [0.25, 0.3) is 0 Å². The molecule has 0 heterocycles. The maximum absolute atomic E-state index is 6.72. The van der Waals surface area contributed by atoms with Crippen molar-refractivity contribution in [3.8, 4) is 0 Å². The van der Waals surface area contributed by atoms with Crippen molar-refractivity contribution >= 4 is 0 Å². The molecule has 1 nitrogen and oxygen atoms in total. The van der Waals surface area contributed by atoms with Crippen molar-refractivity contribution in [2.45, 2.75) is 113 Å². The molecule has 0 radical (unpaired) electrons. The molecule has 1 heteroatoms. The number of hydrogen-bond acceptors (Lipinski definition) is 1. The van der Waals surface area contributed by atoms with Gasteiger partial charge in [-0.2, -0.15) is 0 Å². The Labute approximate surface area is 140 Å². The minimum atomic E-state index is -0.0452. The van der Waals surface area contributed by atoms with Crippen molar-refractivity contribution in [1.29, 1.82) is 0 Å². The third-order valence-electron chi connectivity index (χ3n) is 6.78. The maximum atomic E-state index is 6.72. The molecule has 0 aromatic rings. The van der Waals surface area contributed by atoms with Crippen molar-refractivity contribution in [1.82, 2.24) is 0 Å². The lowest BCUT2D eigenvalue weighted by Crippen LogP contribution is -2.49. The van der Waals surface area contributed by atoms with Crippen LogP contribution in [0.15, 0.2) is 0 Å². The average molecular weight is 311 g/mol. The minimum absolute atomic E-state index is 0.0452. The van der Waals surface area contributed by atoms with Crippen LogP contribution in [-0.2, 0) is 4.74 Å². The molecule has 1 unspecified atom stereocenters. The first-order chi connectivity index (χ1) is 9.94. The van der Waals surface area contributed by atoms with Crippen LogP contribution in [0.3, 0.4) is 0 Å². The Kier molecular flexibility index (Phi) is 6.58. The van der Waals surface area contributed by atoms with Crippen LogP contribution < -0.4 is 0 Å². The van der Waals surface area contributed by atoms with E-state index in [1.54, 1.807) is 0 Å². The fourth-order valence-electron chi connectivity index (χ4n) is 4.40. The quantitative estimate of drug-likeness (QED) is 0.521. The number of ether oxygens (including phenoxy) is 1. The third-order valence-corrected chi connectivity index (χ3v) is 6.78. The molecule has 0 saturated heterocycles. The molecule has 0 spiro atoms. The van der Waals surface area contributed by atoms with Crippen molar-refractivity contribution < 1.29 is 4.74 Å². The van der Waals surface area contributed by atoms with Gasteiger partial charge in [-0.3, -0.25) is 0 Å². The van der Waals surface area contributed by atoms with E-state index in [0.29, 0.717) is 17.4 Å². The monoisotopic (exact) mass is 310 g/mol. The minimum Gasteiger partial charge on any atom is -0.372 e. The van der Waals surface area contributed by atoms with E-state index in [0.717, 1.165) is 5.92 Å². The first-order valence-electron chi connectivity index (χ1n) is 9.62. The predicted molar refractivity (Wildman–Crippen MR) is 98.2 cm³/mol. The van der Waals surface area contributed by atoms with Gasteiger partial charge in [0.25, 0.3) is 0 Å². The topological polar surface area (TPSA) is 9.23 Å². The molecular weight excluding hydrogens is 268 g/mol. The summed E-state index contributed by atoms with van der Waals surface area (Å²) in [6, 6.07) is 0. The summed E-state index contributed by atoms with van der Waals surface area (Å²) in [4.78, 5) is 0. The van der Waals surface area contributed by atoms with Gasteiger partial charge in [-0.15, -0.1) is 0 Å². The fraction of sp³-hybridized carbons (Fsp3) is 1.00. The highest BCUT2D eigenvalue weighted by molar-refractivity contribution is 4.94. The zero-order valence-corrected chi connectivity index (χ0v) is 16.9. The third kappa shape index (κ3) is 4.49. The molecule has 1 rings (SSSR count). The SMILES string of the molecule is CCCC(C)(C(C)C)C(C)(C)OC1CCC(C(C)(C)C)CC1. The molecule has 0 N–H and O–H groups in total. The number of rotatable bonds is 6. The second-order valence-electron chi connectivity index (χ2n) is 9.79. The molecular formula is C21H42O. The van der Waals surface area contributed by atoms with E-state index < -0.39 is 0 Å². The van der Waals surface area contributed by atoms with Crippen LogP contribution in [0, 0.1) is 22.7 Å². The Morgan fingerprint density at radius 1 is 0.909 bits per heavy atom. The van der Waals surface area contributed by atoms with Crippen LogP contribution in [0.5, 0.6) is 0 Å². The van der Waals surface area contributed by atoms with Gasteiger partial charge in [0.1, 0.15) is 0 Å². The molecule has 0 aliphatic heterocycles. The Hall–Kier alpha value is -0.0400. The Bertz CT molecular complexity index is 328. The molecule has 1 fully saturated rings. The van der Waals surface area contributed by atoms with Crippen LogP contribution >= 0.6 is 0 Å². The summed E-state index contributed by atoms with van der Waals surface area (Å²) >= 11 is 0. The highest BCUT2D eigenvalue weighted by Gasteiger charge is 2.45. The van der Waals surface area contributed by atoms with Crippen molar-refractivity contribution in [2.24, 2.45) is 22.7 Å². The van der Waals surface area contributed by atoms with Gasteiger partial charge in [0, 0.05) is 0 Å². The summed E-state index contributed by atoms with van der Waals surface area (Å²) in [5, 5.41) is 0. The first kappa shape index (κ1) is 20.0. The summed E-state index contributed by atoms with van der Waals surface area (Å²) in [6.07, 6.45) is 8.08. The number of hydrogen-bond donors (Lipinski definition) is 0. The van der Waals surface area contributed by atoms with Gasteiger partial charge in [0.05, 0.1) is 11.7 Å². The second kappa shape index (κ2) is 7.24. The molecule has 0 aromatic carbocycles. The molecule has 132 valence electrons. The van der Waals surface area contributed by atoms with Gasteiger partial charge in [-0.1, -0.05) is 54.9 Å². The molecule has 0 bridgehead atoms. The Morgan fingerprint density at radius 3 is 1.77 bits per heavy atom. The van der Waals surface area contributed by atoms with Crippen molar-refractivity contribution in [3.63, 3.8) is 0 Å². The zero-order valence-electron chi connectivity index (χ0n) is 16.9. The predicted octanol–water partition coefficient (Wildman–Crippen LogP) is 6.85. The van der Waals surface area contributed by atoms with Gasteiger partial charge in [0.15, 0.2) is 0 Å². The van der Waals surface area contributed by atoms with E-state index in [1.807, 2.05) is 0 Å². The lowest BCUT2D eigenvalue weighted by molar-refractivity contribution is -0.170. The molecule has 22 heavy (non-hydrogen) atoms. The Balaban J connectivity index is 2.69. The van der Waals surface area contributed by atoms with Gasteiger partial charge in [-0.25, -0.2) is 0 Å². The van der Waals surface area contributed by atoms with Crippen LogP contribution in [0.2, 0.25) is 0 Å². The van der Waals surface area contributed by atoms with E-state index in [4.69, 9.17) is 4.74 Å². The summed E-state index contributed by atoms with van der Waals surface area (Å²) in [6.45, 7) is 21.3. The van der Waals surface area contributed by atoms with Gasteiger partial charge in [-0.05, 0) is 68.6 Å². The molecule has 0 amide bonds. The largest absolute Gasteiger partial charge is 0.372 e. The summed E-state index contributed by atoms with van der Waals surface area (Å²) in [5.74, 6) is 1.51. The Morgan fingerprint density at radius 2 is 1.41 bits per heavy atom. The molecule has 0 aromatic heterocycles. The first-order valence-corrected chi connectivity index (χ1v) is 9.62. The van der Waals surface area contributed by atoms with E-state index >= 15 is 0 Å². The summed E-state index contributed by atoms with van der Waals surface area (Å²) in [7, 11) is 0. The smallest absolute Gasteiger partial charge is 0.0686 e. The zero-order chi connectivity index (χ0) is 17.2. The summed E-state index contributed by atoms with van der Waals surface area (Å²) in [5.41, 5.74) is 0.661. The molecule has 1 saturated carbocycles. The van der Waals surface area contributed by atoms with Gasteiger partial charge in [0.2, 0.25) is 0 Å². The van der Waals surface area contributed by atoms with E-state index in [1.165, 1.54) is 38.5 Å². The van der Waals surface area contributed by atoms with Crippen LogP contribution in [-0.4, -0.2) is 11.7 Å². The van der Waals surface area contributed by atoms with Crippen LogP contribution in [0.4, 0.5) is 0 Å². The average Bonchev–Trinajstić information content (AvgIpc) is 2.37. The van der Waals surface area contributed by atoms with Gasteiger partial charge >= 0.3 is 0 Å². The van der Waals surface area contributed by atoms with Crippen LogP contribution in [0.1, 0.15) is 101 Å². The fourth-order valence-corrected chi connectivity index (χ4v) is 4.40. The second-order valence-corrected chi connectivity index (χ2v) is 9.79. The van der Waals surface area contributed by atoms with E-state index in [2.05, 4.69) is 62.3 Å². The van der Waals surface area contributed by atoms with E-state index in [9.17, 15) is 0 Å². The van der Waals surface area contributed by atoms with Crippen molar-refractivity contribution in [3.05, 3.63) is 0 Å². The highest BCUT2D eigenvalue weighted by atomic mass is 16.5. The van der Waals surface area contributed by atoms with E-state index in [-0.39, 0.29) is 11.0 Å². The summed E-state index contributed by atoms with van der Waals surface area (Å²) < 4.78 is 6.72. The van der Waals surface area contributed by atoms with Crippen molar-refractivity contribution in [2.75, 3.05) is 0 Å². The maximum Gasteiger partial charge on any atom is 0.0686 e. The molecule has 1 atom stereocenters. The molecule has 1 aliphatic rings. The standard InChI is InChI=1S/C21H42O/c1-10-15-21(9,16(2)3)20(7,8)22-18-13-11-17(12-14-18)19(4,5)6/h16-18H,10-15H2,1-9H3. The van der Waals surface area contributed by atoms with Gasteiger partial charge < -0.3 is 4.74 Å². The lowest BCUT2D eigenvalue weighted by atomic mass is 9.64. The normalized spacial score (nSPS) is 27.0. The lowest BCUT2D eigenvalue weighted by Gasteiger charge is -2.50. The molecule has 1 aliphatic carbocycles.